The smallest absolute Gasteiger partial charge is 0.180 e. The molecule has 0 radical (unpaired) electrons. The predicted octanol–water partition coefficient (Wildman–Crippen LogP) is 2.63. The maximum Gasteiger partial charge on any atom is 0.180 e. The zero-order valence-electron chi connectivity index (χ0n) is 14.1. The second kappa shape index (κ2) is 8.27. The molecule has 128 valence electrons. The molecule has 3 rings (SSSR count). The zero-order valence-corrected chi connectivity index (χ0v) is 14.1. The quantitative estimate of drug-likeness (QED) is 0.664. The van der Waals surface area contributed by atoms with Gasteiger partial charge in [-0.2, -0.15) is 0 Å². The fraction of sp³-hybridized carbons (Fsp3) is 0.222. The molecule has 0 aromatic carbocycles. The van der Waals surface area contributed by atoms with Gasteiger partial charge < -0.3 is 14.8 Å². The van der Waals surface area contributed by atoms with Gasteiger partial charge in [0.05, 0.1) is 17.9 Å². The van der Waals surface area contributed by atoms with E-state index >= 15 is 0 Å². The minimum atomic E-state index is -0.369. The second-order valence-corrected chi connectivity index (χ2v) is 5.17. The van der Waals surface area contributed by atoms with Gasteiger partial charge in [0.1, 0.15) is 11.5 Å². The summed E-state index contributed by atoms with van der Waals surface area (Å²) in [5.41, 5.74) is 2.17. The summed E-state index contributed by atoms with van der Waals surface area (Å²) in [6.07, 6.45) is 3.08. The molecule has 0 amide bonds. The molecule has 0 aliphatic heterocycles. The molecule has 7 heteroatoms. The van der Waals surface area contributed by atoms with Crippen LogP contribution in [0.25, 0.3) is 22.9 Å². The SMILES string of the molecule is COC(CNc1cc(-c2ccccn2)nc(-c2ccccn2)n1)OC. The summed E-state index contributed by atoms with van der Waals surface area (Å²) in [4.78, 5) is 17.8. The second-order valence-electron chi connectivity index (χ2n) is 5.17. The van der Waals surface area contributed by atoms with Gasteiger partial charge in [-0.05, 0) is 24.3 Å². The van der Waals surface area contributed by atoms with Crippen molar-refractivity contribution in [3.8, 4) is 22.9 Å². The zero-order chi connectivity index (χ0) is 17.5. The molecule has 0 unspecified atom stereocenters. The van der Waals surface area contributed by atoms with E-state index in [1.165, 1.54) is 0 Å². The molecule has 25 heavy (non-hydrogen) atoms. The van der Waals surface area contributed by atoms with Crippen molar-refractivity contribution in [1.82, 2.24) is 19.9 Å². The molecular weight excluding hydrogens is 318 g/mol. The number of anilines is 1. The van der Waals surface area contributed by atoms with Crippen LogP contribution in [0.2, 0.25) is 0 Å². The Balaban J connectivity index is 1.97. The van der Waals surface area contributed by atoms with Crippen LogP contribution in [0.1, 0.15) is 0 Å². The maximum atomic E-state index is 5.20. The highest BCUT2D eigenvalue weighted by Crippen LogP contribution is 2.22. The molecule has 0 aliphatic carbocycles. The average Bonchev–Trinajstić information content (AvgIpc) is 2.70. The topological polar surface area (TPSA) is 82.0 Å². The van der Waals surface area contributed by atoms with E-state index in [1.54, 1.807) is 26.6 Å². The molecular formula is C18H19N5O2. The van der Waals surface area contributed by atoms with E-state index in [2.05, 4.69) is 25.3 Å². The summed E-state index contributed by atoms with van der Waals surface area (Å²) in [5, 5.41) is 3.21. The van der Waals surface area contributed by atoms with E-state index < -0.39 is 0 Å². The van der Waals surface area contributed by atoms with Gasteiger partial charge in [-0.15, -0.1) is 0 Å². The Morgan fingerprint density at radius 2 is 1.56 bits per heavy atom. The highest BCUT2D eigenvalue weighted by atomic mass is 16.7. The predicted molar refractivity (Wildman–Crippen MR) is 94.8 cm³/mol. The fourth-order valence-corrected chi connectivity index (χ4v) is 2.24. The monoisotopic (exact) mass is 337 g/mol. The molecule has 0 saturated carbocycles. The summed E-state index contributed by atoms with van der Waals surface area (Å²) < 4.78 is 10.4. The summed E-state index contributed by atoms with van der Waals surface area (Å²) in [6.45, 7) is 0.452. The van der Waals surface area contributed by atoms with Crippen molar-refractivity contribution in [1.29, 1.82) is 0 Å². The molecule has 3 heterocycles. The highest BCUT2D eigenvalue weighted by molar-refractivity contribution is 5.63. The van der Waals surface area contributed by atoms with E-state index in [9.17, 15) is 0 Å². The lowest BCUT2D eigenvalue weighted by Gasteiger charge is -2.15. The van der Waals surface area contributed by atoms with Crippen molar-refractivity contribution in [2.45, 2.75) is 6.29 Å². The summed E-state index contributed by atoms with van der Waals surface area (Å²) in [6, 6.07) is 13.2. The maximum absolute atomic E-state index is 5.20. The Kier molecular flexibility index (Phi) is 5.61. The minimum Gasteiger partial charge on any atom is -0.365 e. The van der Waals surface area contributed by atoms with Gasteiger partial charge in [-0.1, -0.05) is 12.1 Å². The highest BCUT2D eigenvalue weighted by Gasteiger charge is 2.11. The third kappa shape index (κ3) is 4.34. The number of ether oxygens (including phenoxy) is 2. The largest absolute Gasteiger partial charge is 0.365 e. The third-order valence-electron chi connectivity index (χ3n) is 3.52. The van der Waals surface area contributed by atoms with Gasteiger partial charge in [-0.25, -0.2) is 9.97 Å². The number of nitrogens with zero attached hydrogens (tertiary/aromatic N) is 4. The average molecular weight is 337 g/mol. The fourth-order valence-electron chi connectivity index (χ4n) is 2.24. The van der Waals surface area contributed by atoms with Crippen LogP contribution in [0.5, 0.6) is 0 Å². The van der Waals surface area contributed by atoms with E-state index in [-0.39, 0.29) is 6.29 Å². The van der Waals surface area contributed by atoms with Crippen molar-refractivity contribution in [3.63, 3.8) is 0 Å². The first-order valence-corrected chi connectivity index (χ1v) is 7.81. The van der Waals surface area contributed by atoms with Gasteiger partial charge in [0.15, 0.2) is 12.1 Å². The lowest BCUT2D eigenvalue weighted by Crippen LogP contribution is -2.24. The number of nitrogens with one attached hydrogen (secondary N) is 1. The van der Waals surface area contributed by atoms with E-state index in [1.807, 2.05) is 42.5 Å². The van der Waals surface area contributed by atoms with Crippen LogP contribution < -0.4 is 5.32 Å². The van der Waals surface area contributed by atoms with Crippen LogP contribution in [0.3, 0.4) is 0 Å². The lowest BCUT2D eigenvalue weighted by atomic mass is 10.2. The lowest BCUT2D eigenvalue weighted by molar-refractivity contribution is -0.0914. The Morgan fingerprint density at radius 3 is 2.16 bits per heavy atom. The normalized spacial score (nSPS) is 10.8. The summed E-state index contributed by atoms with van der Waals surface area (Å²) in [5.74, 6) is 1.17. The number of pyridine rings is 2. The number of hydrogen-bond acceptors (Lipinski definition) is 7. The van der Waals surface area contributed by atoms with Gasteiger partial charge in [0.2, 0.25) is 0 Å². The number of hydrogen-bond donors (Lipinski definition) is 1. The molecule has 0 fully saturated rings. The molecule has 0 saturated heterocycles. The molecule has 3 aromatic heterocycles. The summed E-state index contributed by atoms with van der Waals surface area (Å²) >= 11 is 0. The van der Waals surface area contributed by atoms with Crippen LogP contribution in [0.15, 0.2) is 54.9 Å². The van der Waals surface area contributed by atoms with Gasteiger partial charge in [0.25, 0.3) is 0 Å². The molecule has 0 bridgehead atoms. The molecule has 0 aliphatic rings. The minimum absolute atomic E-state index is 0.369. The molecule has 0 atom stereocenters. The molecule has 7 nitrogen and oxygen atoms in total. The summed E-state index contributed by atoms with van der Waals surface area (Å²) in [7, 11) is 3.18. The van der Waals surface area contributed by atoms with Crippen molar-refractivity contribution in [2.24, 2.45) is 0 Å². The Bertz CT molecular complexity index is 737. The van der Waals surface area contributed by atoms with Crippen LogP contribution in [0, 0.1) is 0 Å². The molecule has 3 aromatic rings. The Hall–Kier alpha value is -2.90. The first kappa shape index (κ1) is 16.9. The number of rotatable bonds is 7. The van der Waals surface area contributed by atoms with Gasteiger partial charge >= 0.3 is 0 Å². The number of methoxy groups -OCH3 is 2. The first-order chi connectivity index (χ1) is 12.3. The van der Waals surface area contributed by atoms with Gasteiger partial charge in [0, 0.05) is 32.7 Å². The van der Waals surface area contributed by atoms with Crippen LogP contribution in [-0.2, 0) is 9.47 Å². The van der Waals surface area contributed by atoms with Crippen LogP contribution in [0.4, 0.5) is 5.82 Å². The van der Waals surface area contributed by atoms with Crippen molar-refractivity contribution >= 4 is 5.82 Å². The van der Waals surface area contributed by atoms with Crippen molar-refractivity contribution < 1.29 is 9.47 Å². The van der Waals surface area contributed by atoms with Crippen molar-refractivity contribution in [2.75, 3.05) is 26.1 Å². The Morgan fingerprint density at radius 1 is 0.880 bits per heavy atom. The van der Waals surface area contributed by atoms with Crippen LogP contribution in [-0.4, -0.2) is 47.0 Å². The first-order valence-electron chi connectivity index (χ1n) is 7.81. The number of aromatic nitrogens is 4. The van der Waals surface area contributed by atoms with Crippen LogP contribution >= 0.6 is 0 Å². The molecule has 1 N–H and O–H groups in total. The van der Waals surface area contributed by atoms with E-state index in [0.717, 1.165) is 5.69 Å². The van der Waals surface area contributed by atoms with E-state index in [0.29, 0.717) is 29.6 Å². The van der Waals surface area contributed by atoms with Gasteiger partial charge in [-0.3, -0.25) is 9.97 Å². The Labute approximate surface area is 146 Å². The standard InChI is InChI=1S/C18H19N5O2/c1-24-17(25-2)12-21-16-11-15(13-7-3-5-9-19-13)22-18(23-16)14-8-4-6-10-20-14/h3-11,17H,12H2,1-2H3,(H,21,22,23). The van der Waals surface area contributed by atoms with Crippen molar-refractivity contribution in [3.05, 3.63) is 54.9 Å². The van der Waals surface area contributed by atoms with E-state index in [4.69, 9.17) is 9.47 Å². The third-order valence-corrected chi connectivity index (χ3v) is 3.52. The molecule has 0 spiro atoms.